The van der Waals surface area contributed by atoms with E-state index >= 15 is 0 Å². The van der Waals surface area contributed by atoms with Gasteiger partial charge in [-0.05, 0) is 13.8 Å². The summed E-state index contributed by atoms with van der Waals surface area (Å²) in [5, 5.41) is 18.2. The van der Waals surface area contributed by atoms with Crippen molar-refractivity contribution in [2.24, 2.45) is 0 Å². The third-order valence-electron chi connectivity index (χ3n) is 1.70. The lowest BCUT2D eigenvalue weighted by Gasteiger charge is -2.29. The van der Waals surface area contributed by atoms with Crippen LogP contribution in [-0.4, -0.2) is 47.2 Å². The number of carbonyl (C=O) groups is 1. The first kappa shape index (κ1) is 10.6. The van der Waals surface area contributed by atoms with Crippen molar-refractivity contribution in [3.05, 3.63) is 0 Å². The van der Waals surface area contributed by atoms with Crippen molar-refractivity contribution < 1.29 is 24.5 Å². The van der Waals surface area contributed by atoms with Gasteiger partial charge in [0.05, 0.1) is 12.7 Å². The largest absolute Gasteiger partial charge is 0.388 e. The highest BCUT2D eigenvalue weighted by atomic mass is 16.7. The van der Waals surface area contributed by atoms with Crippen LogP contribution in [0.3, 0.4) is 0 Å². The molecule has 0 bridgehead atoms. The van der Waals surface area contributed by atoms with Crippen LogP contribution in [0.5, 0.6) is 0 Å². The third-order valence-corrected chi connectivity index (χ3v) is 1.70. The van der Waals surface area contributed by atoms with Crippen LogP contribution < -0.4 is 0 Å². The normalized spacial score (nSPS) is 35.5. The SMILES string of the molecule is CC(C)OC1OCC(O)C(O)C1=O. The van der Waals surface area contributed by atoms with Gasteiger partial charge in [-0.2, -0.15) is 0 Å². The monoisotopic (exact) mass is 190 g/mol. The van der Waals surface area contributed by atoms with Crippen LogP contribution in [0.15, 0.2) is 0 Å². The molecule has 1 aliphatic rings. The van der Waals surface area contributed by atoms with Crippen molar-refractivity contribution in [2.45, 2.75) is 38.4 Å². The van der Waals surface area contributed by atoms with Gasteiger partial charge in [-0.15, -0.1) is 0 Å². The van der Waals surface area contributed by atoms with Gasteiger partial charge in [0.2, 0.25) is 12.1 Å². The Morgan fingerprint density at radius 1 is 1.54 bits per heavy atom. The maximum absolute atomic E-state index is 11.2. The summed E-state index contributed by atoms with van der Waals surface area (Å²) in [6.07, 6.45) is -3.73. The number of aliphatic hydroxyl groups is 2. The van der Waals surface area contributed by atoms with Gasteiger partial charge in [0.25, 0.3) is 0 Å². The first-order valence-electron chi connectivity index (χ1n) is 4.19. The predicted octanol–water partition coefficient (Wildman–Crippen LogP) is -0.941. The molecule has 1 aliphatic heterocycles. The van der Waals surface area contributed by atoms with E-state index in [-0.39, 0.29) is 12.7 Å². The highest BCUT2D eigenvalue weighted by molar-refractivity contribution is 5.87. The van der Waals surface area contributed by atoms with Gasteiger partial charge < -0.3 is 19.7 Å². The van der Waals surface area contributed by atoms with Gasteiger partial charge in [0, 0.05) is 0 Å². The van der Waals surface area contributed by atoms with Crippen molar-refractivity contribution >= 4 is 5.78 Å². The Balaban J connectivity index is 2.54. The number of ether oxygens (including phenoxy) is 2. The van der Waals surface area contributed by atoms with Crippen LogP contribution in [0, 0.1) is 0 Å². The zero-order chi connectivity index (χ0) is 10.0. The minimum Gasteiger partial charge on any atom is -0.388 e. The molecule has 0 radical (unpaired) electrons. The Labute approximate surface area is 76.3 Å². The average molecular weight is 190 g/mol. The Kier molecular flexibility index (Phi) is 3.38. The maximum Gasteiger partial charge on any atom is 0.221 e. The van der Waals surface area contributed by atoms with Crippen LogP contribution in [0.2, 0.25) is 0 Å². The van der Waals surface area contributed by atoms with E-state index in [9.17, 15) is 4.79 Å². The van der Waals surface area contributed by atoms with E-state index in [1.165, 1.54) is 0 Å². The molecular weight excluding hydrogens is 176 g/mol. The summed E-state index contributed by atoms with van der Waals surface area (Å²) in [4.78, 5) is 11.2. The van der Waals surface area contributed by atoms with Crippen LogP contribution in [-0.2, 0) is 14.3 Å². The molecule has 3 unspecified atom stereocenters. The standard InChI is InChI=1S/C8H14O5/c1-4(2)13-8-7(11)6(10)5(9)3-12-8/h4-6,8-10H,3H2,1-2H3. The van der Waals surface area contributed by atoms with Crippen LogP contribution in [0.1, 0.15) is 13.8 Å². The fourth-order valence-corrected chi connectivity index (χ4v) is 1.04. The summed E-state index contributed by atoms with van der Waals surface area (Å²) in [5.74, 6) is -0.618. The summed E-state index contributed by atoms with van der Waals surface area (Å²) in [5.41, 5.74) is 0. The molecule has 1 heterocycles. The molecule has 2 N–H and O–H groups in total. The van der Waals surface area contributed by atoms with E-state index in [0.717, 1.165) is 0 Å². The van der Waals surface area contributed by atoms with E-state index in [0.29, 0.717) is 0 Å². The summed E-state index contributed by atoms with van der Waals surface area (Å²) >= 11 is 0. The Hall–Kier alpha value is -0.490. The lowest BCUT2D eigenvalue weighted by Crippen LogP contribution is -2.51. The zero-order valence-corrected chi connectivity index (χ0v) is 7.64. The molecule has 0 aromatic rings. The topological polar surface area (TPSA) is 76.0 Å². The summed E-state index contributed by atoms with van der Waals surface area (Å²) in [6.45, 7) is 3.44. The first-order valence-corrected chi connectivity index (χ1v) is 4.19. The molecule has 0 saturated carbocycles. The highest BCUT2D eigenvalue weighted by Crippen LogP contribution is 2.13. The number of ketones is 1. The Morgan fingerprint density at radius 3 is 2.69 bits per heavy atom. The number of aliphatic hydroxyl groups excluding tert-OH is 2. The van der Waals surface area contributed by atoms with E-state index in [2.05, 4.69) is 0 Å². The molecule has 76 valence electrons. The molecule has 0 spiro atoms. The van der Waals surface area contributed by atoms with Gasteiger partial charge in [-0.3, -0.25) is 4.79 Å². The predicted molar refractivity (Wildman–Crippen MR) is 43.0 cm³/mol. The first-order chi connectivity index (χ1) is 6.02. The minimum atomic E-state index is -1.39. The fourth-order valence-electron chi connectivity index (χ4n) is 1.04. The second kappa shape index (κ2) is 4.15. The van der Waals surface area contributed by atoms with Gasteiger partial charge >= 0.3 is 0 Å². The molecule has 0 aromatic carbocycles. The fraction of sp³-hybridized carbons (Fsp3) is 0.875. The molecule has 3 atom stereocenters. The lowest BCUT2D eigenvalue weighted by atomic mass is 10.1. The molecule has 0 aromatic heterocycles. The molecule has 13 heavy (non-hydrogen) atoms. The molecular formula is C8H14O5. The van der Waals surface area contributed by atoms with Crippen LogP contribution in [0.4, 0.5) is 0 Å². The van der Waals surface area contributed by atoms with Crippen molar-refractivity contribution in [3.8, 4) is 0 Å². The summed E-state index contributed by atoms with van der Waals surface area (Å²) in [7, 11) is 0. The molecule has 1 saturated heterocycles. The lowest BCUT2D eigenvalue weighted by molar-refractivity contribution is -0.218. The Morgan fingerprint density at radius 2 is 2.15 bits per heavy atom. The highest BCUT2D eigenvalue weighted by Gasteiger charge is 2.37. The Bertz CT molecular complexity index is 191. The summed E-state index contributed by atoms with van der Waals surface area (Å²) in [6, 6.07) is 0. The molecule has 1 fully saturated rings. The summed E-state index contributed by atoms with van der Waals surface area (Å²) < 4.78 is 9.98. The van der Waals surface area contributed by atoms with E-state index in [1.54, 1.807) is 13.8 Å². The molecule has 0 aliphatic carbocycles. The second-order valence-electron chi connectivity index (χ2n) is 3.26. The van der Waals surface area contributed by atoms with Gasteiger partial charge in [0.1, 0.15) is 12.2 Å². The van der Waals surface area contributed by atoms with E-state index in [4.69, 9.17) is 19.7 Å². The van der Waals surface area contributed by atoms with Crippen LogP contribution >= 0.6 is 0 Å². The second-order valence-corrected chi connectivity index (χ2v) is 3.26. The molecule has 1 rings (SSSR count). The number of hydrogen-bond donors (Lipinski definition) is 2. The van der Waals surface area contributed by atoms with Crippen molar-refractivity contribution in [1.29, 1.82) is 0 Å². The number of hydrogen-bond acceptors (Lipinski definition) is 5. The van der Waals surface area contributed by atoms with E-state index < -0.39 is 24.3 Å². The van der Waals surface area contributed by atoms with Gasteiger partial charge in [-0.1, -0.05) is 0 Å². The number of Topliss-reactive ketones (excluding diaryl/α,β-unsaturated/α-hetero) is 1. The van der Waals surface area contributed by atoms with Crippen molar-refractivity contribution in [1.82, 2.24) is 0 Å². The van der Waals surface area contributed by atoms with Crippen molar-refractivity contribution in [3.63, 3.8) is 0 Å². The van der Waals surface area contributed by atoms with E-state index in [1.807, 2.05) is 0 Å². The minimum absolute atomic E-state index is 0.0791. The number of carbonyl (C=O) groups excluding carboxylic acids is 1. The maximum atomic E-state index is 11.2. The smallest absolute Gasteiger partial charge is 0.221 e. The van der Waals surface area contributed by atoms with Crippen LogP contribution in [0.25, 0.3) is 0 Å². The van der Waals surface area contributed by atoms with Gasteiger partial charge in [0.15, 0.2) is 0 Å². The zero-order valence-electron chi connectivity index (χ0n) is 7.64. The van der Waals surface area contributed by atoms with Gasteiger partial charge in [-0.25, -0.2) is 0 Å². The molecule has 0 amide bonds. The number of rotatable bonds is 2. The van der Waals surface area contributed by atoms with Crippen molar-refractivity contribution in [2.75, 3.05) is 6.61 Å². The average Bonchev–Trinajstić information content (AvgIpc) is 2.06. The molecule has 5 nitrogen and oxygen atoms in total. The quantitative estimate of drug-likeness (QED) is 0.587. The third kappa shape index (κ3) is 2.47. The molecule has 5 heteroatoms.